The number of nitrogens with one attached hydrogen (secondary N) is 2. The van der Waals surface area contributed by atoms with Crippen LogP contribution in [-0.4, -0.2) is 33.1 Å². The third-order valence-corrected chi connectivity index (χ3v) is 4.95. The van der Waals surface area contributed by atoms with Crippen LogP contribution in [0.5, 0.6) is 0 Å². The molecular weight excluding hydrogens is 410 g/mol. The van der Waals surface area contributed by atoms with Crippen molar-refractivity contribution in [3.8, 4) is 0 Å². The van der Waals surface area contributed by atoms with E-state index in [2.05, 4.69) is 10.6 Å². The lowest BCUT2D eigenvalue weighted by molar-refractivity contribution is -0.384. The highest BCUT2D eigenvalue weighted by molar-refractivity contribution is 8.00. The Bertz CT molecular complexity index is 987. The number of nitro groups is 1. The van der Waals surface area contributed by atoms with Crippen LogP contribution in [0.25, 0.3) is 0 Å². The molecule has 0 aromatic heterocycles. The topological polar surface area (TPSA) is 139 Å². The normalized spacial score (nSPS) is 12.0. The summed E-state index contributed by atoms with van der Waals surface area (Å²) in [6.45, 7) is 3.05. The summed E-state index contributed by atoms with van der Waals surface area (Å²) in [4.78, 5) is 45.8. The van der Waals surface area contributed by atoms with Gasteiger partial charge in [-0.25, -0.2) is 4.79 Å². The van der Waals surface area contributed by atoms with Crippen LogP contribution in [0.3, 0.4) is 0 Å². The molecule has 0 unspecified atom stereocenters. The largest absolute Gasteiger partial charge is 0.478 e. The Morgan fingerprint density at radius 2 is 1.57 bits per heavy atom. The number of benzene rings is 2. The van der Waals surface area contributed by atoms with Crippen LogP contribution in [0.1, 0.15) is 13.8 Å². The molecule has 0 aliphatic carbocycles. The van der Waals surface area contributed by atoms with Crippen molar-refractivity contribution in [3.63, 3.8) is 0 Å². The summed E-state index contributed by atoms with van der Waals surface area (Å²) in [5.41, 5.74) is 0.811. The fourth-order valence-corrected chi connectivity index (χ4v) is 3.09. The van der Waals surface area contributed by atoms with Crippen LogP contribution < -0.4 is 10.6 Å². The number of hydrogen-bond donors (Lipinski definition) is 3. The van der Waals surface area contributed by atoms with Crippen molar-refractivity contribution >= 4 is 46.6 Å². The van der Waals surface area contributed by atoms with Gasteiger partial charge in [-0.15, -0.1) is 11.8 Å². The second-order valence-electron chi connectivity index (χ2n) is 6.20. The molecular formula is C20H19N3O6S. The molecule has 0 heterocycles. The maximum Gasteiger partial charge on any atom is 0.331 e. The summed E-state index contributed by atoms with van der Waals surface area (Å²) in [5, 5.41) is 24.3. The summed E-state index contributed by atoms with van der Waals surface area (Å²) in [6.07, 6.45) is 0.996. The van der Waals surface area contributed by atoms with Gasteiger partial charge in [-0.2, -0.15) is 0 Å². The molecule has 2 amide bonds. The first-order valence-corrected chi connectivity index (χ1v) is 9.58. The molecule has 0 aliphatic rings. The number of carboxylic acid groups (broad SMARTS) is 1. The average Bonchev–Trinajstić information content (AvgIpc) is 2.69. The van der Waals surface area contributed by atoms with Gasteiger partial charge in [0.15, 0.2) is 0 Å². The number of hydrogen-bond acceptors (Lipinski definition) is 6. The second-order valence-corrected chi connectivity index (χ2v) is 7.61. The van der Waals surface area contributed by atoms with Gasteiger partial charge in [-0.05, 0) is 50.2 Å². The molecule has 2 aromatic carbocycles. The summed E-state index contributed by atoms with van der Waals surface area (Å²) < 4.78 is 0. The van der Waals surface area contributed by atoms with Crippen molar-refractivity contribution in [2.75, 3.05) is 10.6 Å². The maximum atomic E-state index is 12.3. The van der Waals surface area contributed by atoms with E-state index in [-0.39, 0.29) is 17.2 Å². The van der Waals surface area contributed by atoms with Gasteiger partial charge in [0, 0.05) is 40.1 Å². The van der Waals surface area contributed by atoms with Gasteiger partial charge >= 0.3 is 5.97 Å². The monoisotopic (exact) mass is 429 g/mol. The number of anilines is 2. The lowest BCUT2D eigenvalue weighted by Gasteiger charge is -2.12. The molecule has 10 heteroatoms. The molecule has 0 saturated heterocycles. The van der Waals surface area contributed by atoms with Gasteiger partial charge in [-0.1, -0.05) is 0 Å². The van der Waals surface area contributed by atoms with Crippen molar-refractivity contribution < 1.29 is 24.4 Å². The molecule has 0 saturated carbocycles. The zero-order chi connectivity index (χ0) is 22.3. The lowest BCUT2D eigenvalue weighted by atomic mass is 10.2. The minimum absolute atomic E-state index is 0.0591. The number of non-ortho nitro benzene ring substituents is 1. The number of carbonyl (C=O) groups is 3. The molecule has 0 spiro atoms. The summed E-state index contributed by atoms with van der Waals surface area (Å²) in [6, 6.07) is 12.3. The number of thioether (sulfide) groups is 1. The van der Waals surface area contributed by atoms with Crippen LogP contribution in [0.4, 0.5) is 17.1 Å². The Kier molecular flexibility index (Phi) is 7.70. The number of carbonyl (C=O) groups excluding carboxylic acids is 2. The molecule has 0 fully saturated rings. The standard InChI is InChI=1S/C20H19N3O6S/c1-12(20(26)27)11-18(24)21-14-5-9-17(10-6-14)30-13(2)19(25)22-15-3-7-16(8-4-15)23(28)29/h3-11,13H,1-2H3,(H,21,24)(H,22,25)(H,26,27)/b12-11+/t13-/m1/s1. The minimum Gasteiger partial charge on any atom is -0.478 e. The van der Waals surface area contributed by atoms with E-state index < -0.39 is 22.0 Å². The highest BCUT2D eigenvalue weighted by Gasteiger charge is 2.15. The molecule has 0 bridgehead atoms. The molecule has 9 nitrogen and oxygen atoms in total. The SMILES string of the molecule is C/C(=C\C(=O)Nc1ccc(S[C@H](C)C(=O)Nc2ccc([N+](=O)[O-])cc2)cc1)C(=O)O. The molecule has 0 aliphatic heterocycles. The first kappa shape index (κ1) is 22.6. The molecule has 30 heavy (non-hydrogen) atoms. The Morgan fingerprint density at radius 1 is 1.03 bits per heavy atom. The predicted molar refractivity (Wildman–Crippen MR) is 114 cm³/mol. The number of carboxylic acids is 1. The van der Waals surface area contributed by atoms with Crippen molar-refractivity contribution in [2.45, 2.75) is 24.0 Å². The molecule has 2 rings (SSSR count). The van der Waals surface area contributed by atoms with E-state index in [1.165, 1.54) is 43.0 Å². The highest BCUT2D eigenvalue weighted by Crippen LogP contribution is 2.26. The number of nitrogens with zero attached hydrogens (tertiary/aromatic N) is 1. The van der Waals surface area contributed by atoms with Gasteiger partial charge < -0.3 is 15.7 Å². The molecule has 0 radical (unpaired) electrons. The van der Waals surface area contributed by atoms with Crippen molar-refractivity contribution in [1.29, 1.82) is 0 Å². The van der Waals surface area contributed by atoms with E-state index in [4.69, 9.17) is 5.11 Å². The third kappa shape index (κ3) is 6.74. The van der Waals surface area contributed by atoms with Crippen molar-refractivity contribution in [3.05, 3.63) is 70.3 Å². The van der Waals surface area contributed by atoms with E-state index in [1.807, 2.05) is 0 Å². The second kappa shape index (κ2) is 10.2. The van der Waals surface area contributed by atoms with E-state index in [0.29, 0.717) is 11.4 Å². The van der Waals surface area contributed by atoms with Crippen molar-refractivity contribution in [1.82, 2.24) is 0 Å². The van der Waals surface area contributed by atoms with Crippen LogP contribution in [0.2, 0.25) is 0 Å². The Labute approximate surface area is 176 Å². The van der Waals surface area contributed by atoms with Gasteiger partial charge in [-0.3, -0.25) is 19.7 Å². The van der Waals surface area contributed by atoms with E-state index in [9.17, 15) is 24.5 Å². The predicted octanol–water partition coefficient (Wildman–Crippen LogP) is 3.68. The van der Waals surface area contributed by atoms with E-state index >= 15 is 0 Å². The minimum atomic E-state index is -1.17. The first-order chi connectivity index (χ1) is 14.2. The van der Waals surface area contributed by atoms with Gasteiger partial charge in [0.05, 0.1) is 10.2 Å². The van der Waals surface area contributed by atoms with Crippen LogP contribution >= 0.6 is 11.8 Å². The van der Waals surface area contributed by atoms with Crippen LogP contribution in [0, 0.1) is 10.1 Å². The van der Waals surface area contributed by atoms with Gasteiger partial charge in [0.25, 0.3) is 5.69 Å². The maximum absolute atomic E-state index is 12.3. The highest BCUT2D eigenvalue weighted by atomic mass is 32.2. The summed E-state index contributed by atoms with van der Waals surface area (Å²) in [7, 11) is 0. The molecule has 3 N–H and O–H groups in total. The quantitative estimate of drug-likeness (QED) is 0.252. The zero-order valence-corrected chi connectivity index (χ0v) is 16.9. The van der Waals surface area contributed by atoms with Crippen LogP contribution in [-0.2, 0) is 14.4 Å². The van der Waals surface area contributed by atoms with Gasteiger partial charge in [0.1, 0.15) is 0 Å². The molecule has 2 aromatic rings. The van der Waals surface area contributed by atoms with E-state index in [0.717, 1.165) is 11.0 Å². The summed E-state index contributed by atoms with van der Waals surface area (Å²) >= 11 is 1.30. The van der Waals surface area contributed by atoms with E-state index in [1.54, 1.807) is 31.2 Å². The number of aliphatic carboxylic acids is 1. The number of nitro benzene ring substituents is 1. The average molecular weight is 429 g/mol. The van der Waals surface area contributed by atoms with Gasteiger partial charge in [0.2, 0.25) is 11.8 Å². The fourth-order valence-electron chi connectivity index (χ4n) is 2.22. The number of amides is 2. The smallest absolute Gasteiger partial charge is 0.331 e. The van der Waals surface area contributed by atoms with Crippen LogP contribution in [0.15, 0.2) is 65.1 Å². The summed E-state index contributed by atoms with van der Waals surface area (Å²) in [5.74, 6) is -1.98. The van der Waals surface area contributed by atoms with Crippen molar-refractivity contribution in [2.24, 2.45) is 0 Å². The number of rotatable bonds is 8. The zero-order valence-electron chi connectivity index (χ0n) is 16.1. The Morgan fingerprint density at radius 3 is 2.10 bits per heavy atom. The third-order valence-electron chi connectivity index (χ3n) is 3.83. The molecule has 1 atom stereocenters. The lowest BCUT2D eigenvalue weighted by Crippen LogP contribution is -2.22. The molecule has 156 valence electrons. The first-order valence-electron chi connectivity index (χ1n) is 8.70. The Balaban J connectivity index is 1.91. The fraction of sp³-hybridized carbons (Fsp3) is 0.150. The Hall–Kier alpha value is -3.66.